The van der Waals surface area contributed by atoms with Gasteiger partial charge < -0.3 is 20.6 Å². The van der Waals surface area contributed by atoms with E-state index in [0.717, 1.165) is 6.07 Å². The van der Waals surface area contributed by atoms with Crippen LogP contribution in [0.4, 0.5) is 0 Å². The van der Waals surface area contributed by atoms with Gasteiger partial charge in [0.1, 0.15) is 11.5 Å². The van der Waals surface area contributed by atoms with Crippen molar-refractivity contribution in [3.8, 4) is 11.5 Å². The number of carboxylic acids is 1. The van der Waals surface area contributed by atoms with Crippen LogP contribution in [0.15, 0.2) is 18.2 Å². The van der Waals surface area contributed by atoms with Crippen LogP contribution in [0.1, 0.15) is 24.2 Å². The van der Waals surface area contributed by atoms with Crippen LogP contribution in [-0.2, 0) is 4.79 Å². The van der Waals surface area contributed by atoms with E-state index in [4.69, 9.17) is 5.11 Å². The van der Waals surface area contributed by atoms with Crippen molar-refractivity contribution in [2.24, 2.45) is 5.41 Å². The predicted octanol–water partition coefficient (Wildman–Crippen LogP) is 0.938. The first-order valence-corrected chi connectivity index (χ1v) is 5.27. The number of phenols is 2. The second-order valence-corrected chi connectivity index (χ2v) is 4.61. The number of hydrogen-bond acceptors (Lipinski definition) is 4. The molecule has 4 N–H and O–H groups in total. The van der Waals surface area contributed by atoms with E-state index in [1.54, 1.807) is 0 Å². The van der Waals surface area contributed by atoms with Crippen LogP contribution in [0.25, 0.3) is 0 Å². The molecule has 98 valence electrons. The Morgan fingerprint density at radius 1 is 1.17 bits per heavy atom. The average molecular weight is 253 g/mol. The first-order valence-electron chi connectivity index (χ1n) is 5.27. The molecule has 0 heterocycles. The fourth-order valence-electron chi connectivity index (χ4n) is 1.21. The Bertz CT molecular complexity index is 461. The second kappa shape index (κ2) is 4.95. The fraction of sp³-hybridized carbons (Fsp3) is 0.333. The van der Waals surface area contributed by atoms with E-state index in [0.29, 0.717) is 0 Å². The summed E-state index contributed by atoms with van der Waals surface area (Å²) >= 11 is 0. The quantitative estimate of drug-likeness (QED) is 0.638. The van der Waals surface area contributed by atoms with E-state index >= 15 is 0 Å². The number of phenolic OH excluding ortho intramolecular Hbond substituents is 2. The molecule has 0 aliphatic rings. The van der Waals surface area contributed by atoms with E-state index in [-0.39, 0.29) is 23.6 Å². The molecular weight excluding hydrogens is 238 g/mol. The summed E-state index contributed by atoms with van der Waals surface area (Å²) < 4.78 is 0. The van der Waals surface area contributed by atoms with Crippen molar-refractivity contribution < 1.29 is 24.9 Å². The van der Waals surface area contributed by atoms with Crippen LogP contribution in [0.5, 0.6) is 11.5 Å². The highest BCUT2D eigenvalue weighted by molar-refractivity contribution is 5.95. The molecule has 1 aromatic carbocycles. The van der Waals surface area contributed by atoms with Crippen molar-refractivity contribution in [3.05, 3.63) is 23.8 Å². The number of aliphatic carboxylic acids is 1. The van der Waals surface area contributed by atoms with Gasteiger partial charge in [-0.15, -0.1) is 0 Å². The van der Waals surface area contributed by atoms with Gasteiger partial charge in [0, 0.05) is 18.2 Å². The van der Waals surface area contributed by atoms with Crippen LogP contribution in [0.3, 0.4) is 0 Å². The third-order valence-electron chi connectivity index (χ3n) is 2.43. The number of benzene rings is 1. The molecule has 18 heavy (non-hydrogen) atoms. The van der Waals surface area contributed by atoms with Crippen LogP contribution < -0.4 is 5.32 Å². The average Bonchev–Trinajstić information content (AvgIpc) is 2.24. The maximum Gasteiger partial charge on any atom is 0.310 e. The SMILES string of the molecule is CC(C)(CNC(=O)c1cc(O)cc(O)c1)C(=O)O. The lowest BCUT2D eigenvalue weighted by Crippen LogP contribution is -2.38. The Kier molecular flexibility index (Phi) is 3.80. The Labute approximate surface area is 104 Å². The van der Waals surface area contributed by atoms with Gasteiger partial charge in [-0.1, -0.05) is 0 Å². The number of aromatic hydroxyl groups is 2. The predicted molar refractivity (Wildman–Crippen MR) is 63.5 cm³/mol. The lowest BCUT2D eigenvalue weighted by molar-refractivity contribution is -0.146. The maximum absolute atomic E-state index is 11.7. The molecule has 6 nitrogen and oxygen atoms in total. The highest BCUT2D eigenvalue weighted by Crippen LogP contribution is 2.20. The Morgan fingerprint density at radius 2 is 1.67 bits per heavy atom. The maximum atomic E-state index is 11.7. The highest BCUT2D eigenvalue weighted by Gasteiger charge is 2.27. The molecule has 0 saturated heterocycles. The number of carbonyl (C=O) groups is 2. The molecule has 0 spiro atoms. The van der Waals surface area contributed by atoms with Gasteiger partial charge in [-0.25, -0.2) is 0 Å². The van der Waals surface area contributed by atoms with Gasteiger partial charge in [0.15, 0.2) is 0 Å². The minimum atomic E-state index is -1.09. The third kappa shape index (κ3) is 3.38. The molecule has 0 unspecified atom stereocenters. The summed E-state index contributed by atoms with van der Waals surface area (Å²) in [5, 5.41) is 29.8. The molecule has 0 aliphatic carbocycles. The zero-order valence-corrected chi connectivity index (χ0v) is 10.1. The smallest absolute Gasteiger partial charge is 0.310 e. The van der Waals surface area contributed by atoms with Crippen molar-refractivity contribution in [1.82, 2.24) is 5.32 Å². The lowest BCUT2D eigenvalue weighted by atomic mass is 9.94. The second-order valence-electron chi connectivity index (χ2n) is 4.61. The number of carbonyl (C=O) groups excluding carboxylic acids is 1. The molecule has 1 rings (SSSR count). The minimum Gasteiger partial charge on any atom is -0.508 e. The number of hydrogen-bond donors (Lipinski definition) is 4. The Morgan fingerprint density at radius 3 is 2.11 bits per heavy atom. The summed E-state index contributed by atoms with van der Waals surface area (Å²) in [4.78, 5) is 22.5. The molecule has 0 bridgehead atoms. The van der Waals surface area contributed by atoms with Crippen LogP contribution >= 0.6 is 0 Å². The first kappa shape index (κ1) is 13.8. The Balaban J connectivity index is 2.75. The van der Waals surface area contributed by atoms with Gasteiger partial charge in [-0.3, -0.25) is 9.59 Å². The lowest BCUT2D eigenvalue weighted by Gasteiger charge is -2.19. The molecule has 6 heteroatoms. The number of nitrogens with one attached hydrogen (secondary N) is 1. The molecule has 1 amide bonds. The summed E-state index contributed by atoms with van der Waals surface area (Å²) in [6, 6.07) is 3.46. The van der Waals surface area contributed by atoms with Crippen molar-refractivity contribution in [1.29, 1.82) is 0 Å². The Hall–Kier alpha value is -2.24. The highest BCUT2D eigenvalue weighted by atomic mass is 16.4. The normalized spacial score (nSPS) is 11.0. The van der Waals surface area contributed by atoms with Gasteiger partial charge in [0.05, 0.1) is 5.41 Å². The summed E-state index contributed by atoms with van der Waals surface area (Å²) in [5.74, 6) is -2.06. The molecule has 0 fully saturated rings. The first-order chi connectivity index (χ1) is 8.22. The largest absolute Gasteiger partial charge is 0.508 e. The third-order valence-corrected chi connectivity index (χ3v) is 2.43. The topological polar surface area (TPSA) is 107 Å². The molecule has 0 aliphatic heterocycles. The number of carboxylic acid groups (broad SMARTS) is 1. The summed E-state index contributed by atoms with van der Waals surface area (Å²) in [6.45, 7) is 2.91. The molecule has 0 aromatic heterocycles. The van der Waals surface area contributed by atoms with Crippen molar-refractivity contribution in [2.75, 3.05) is 6.54 Å². The zero-order valence-electron chi connectivity index (χ0n) is 10.1. The standard InChI is InChI=1S/C12H15NO5/c1-12(2,11(17)18)6-13-10(16)7-3-8(14)5-9(15)4-7/h3-5,14-15H,6H2,1-2H3,(H,13,16)(H,17,18). The molecular formula is C12H15NO5. The van der Waals surface area contributed by atoms with E-state index in [1.807, 2.05) is 0 Å². The van der Waals surface area contributed by atoms with Gasteiger partial charge in [0.25, 0.3) is 5.91 Å². The summed E-state index contributed by atoms with van der Waals surface area (Å²) in [6.07, 6.45) is 0. The number of rotatable bonds is 4. The van der Waals surface area contributed by atoms with E-state index < -0.39 is 17.3 Å². The van der Waals surface area contributed by atoms with Gasteiger partial charge >= 0.3 is 5.97 Å². The van der Waals surface area contributed by atoms with Crippen LogP contribution in [0, 0.1) is 5.41 Å². The molecule has 0 saturated carbocycles. The fourth-order valence-corrected chi connectivity index (χ4v) is 1.21. The van der Waals surface area contributed by atoms with Gasteiger partial charge in [0.2, 0.25) is 0 Å². The summed E-state index contributed by atoms with van der Waals surface area (Å²) in [7, 11) is 0. The van der Waals surface area contributed by atoms with Crippen molar-refractivity contribution in [3.63, 3.8) is 0 Å². The van der Waals surface area contributed by atoms with E-state index in [1.165, 1.54) is 26.0 Å². The van der Waals surface area contributed by atoms with Crippen LogP contribution in [0.2, 0.25) is 0 Å². The van der Waals surface area contributed by atoms with Gasteiger partial charge in [-0.2, -0.15) is 0 Å². The monoisotopic (exact) mass is 253 g/mol. The molecule has 0 atom stereocenters. The van der Waals surface area contributed by atoms with Crippen LogP contribution in [-0.4, -0.2) is 33.7 Å². The molecule has 0 radical (unpaired) electrons. The number of amides is 1. The summed E-state index contributed by atoms with van der Waals surface area (Å²) in [5.41, 5.74) is -1.03. The zero-order chi connectivity index (χ0) is 13.9. The molecule has 1 aromatic rings. The van der Waals surface area contributed by atoms with E-state index in [9.17, 15) is 19.8 Å². The van der Waals surface area contributed by atoms with Crippen molar-refractivity contribution >= 4 is 11.9 Å². The minimum absolute atomic E-state index is 0.0580. The van der Waals surface area contributed by atoms with Crippen molar-refractivity contribution in [2.45, 2.75) is 13.8 Å². The van der Waals surface area contributed by atoms with Gasteiger partial charge in [-0.05, 0) is 26.0 Å². The van der Waals surface area contributed by atoms with E-state index in [2.05, 4.69) is 5.32 Å².